The van der Waals surface area contributed by atoms with E-state index >= 15 is 0 Å². The van der Waals surface area contributed by atoms with Gasteiger partial charge in [0.05, 0.1) is 12.1 Å². The summed E-state index contributed by atoms with van der Waals surface area (Å²) in [6, 6.07) is 1.94. The highest BCUT2D eigenvalue weighted by molar-refractivity contribution is 5.79. The molecule has 0 spiro atoms. The zero-order valence-electron chi connectivity index (χ0n) is 15.7. The molecule has 25 heavy (non-hydrogen) atoms. The quantitative estimate of drug-likeness (QED) is 0.839. The predicted molar refractivity (Wildman–Crippen MR) is 95.9 cm³/mol. The van der Waals surface area contributed by atoms with Gasteiger partial charge in [-0.15, -0.1) is 0 Å². The van der Waals surface area contributed by atoms with Crippen LogP contribution in [0.5, 0.6) is 0 Å². The third kappa shape index (κ3) is 3.71. The second kappa shape index (κ2) is 6.92. The fourth-order valence-electron chi connectivity index (χ4n) is 3.25. The summed E-state index contributed by atoms with van der Waals surface area (Å²) in [5, 5.41) is 4.59. The van der Waals surface area contributed by atoms with Crippen molar-refractivity contribution in [2.24, 2.45) is 0 Å². The molecule has 2 aromatic heterocycles. The second-order valence-corrected chi connectivity index (χ2v) is 6.87. The molecule has 0 aliphatic carbocycles. The van der Waals surface area contributed by atoms with Crippen LogP contribution in [0.2, 0.25) is 0 Å². The van der Waals surface area contributed by atoms with Gasteiger partial charge in [-0.05, 0) is 40.8 Å². The van der Waals surface area contributed by atoms with Gasteiger partial charge in [0.25, 0.3) is 5.95 Å². The van der Waals surface area contributed by atoms with Crippen LogP contribution < -0.4 is 0 Å². The maximum atomic E-state index is 12.7. The van der Waals surface area contributed by atoms with Gasteiger partial charge in [-0.1, -0.05) is 0 Å². The molecule has 0 atom stereocenters. The predicted octanol–water partition coefficient (Wildman–Crippen LogP) is 1.21. The van der Waals surface area contributed by atoms with E-state index in [9.17, 15) is 4.79 Å². The lowest BCUT2D eigenvalue weighted by Gasteiger charge is -2.32. The molecule has 7 nitrogen and oxygen atoms in total. The molecule has 0 radical (unpaired) electrons. The van der Waals surface area contributed by atoms with E-state index in [4.69, 9.17) is 0 Å². The third-order valence-corrected chi connectivity index (χ3v) is 4.79. The minimum Gasteiger partial charge on any atom is -0.340 e. The molecule has 3 heterocycles. The van der Waals surface area contributed by atoms with Gasteiger partial charge in [-0.3, -0.25) is 4.79 Å². The molecule has 0 N–H and O–H groups in total. The largest absolute Gasteiger partial charge is 0.340 e. The van der Waals surface area contributed by atoms with Gasteiger partial charge in [0.1, 0.15) is 0 Å². The normalized spacial score (nSPS) is 15.6. The first-order valence-electron chi connectivity index (χ1n) is 8.69. The fourth-order valence-corrected chi connectivity index (χ4v) is 3.25. The van der Waals surface area contributed by atoms with E-state index in [1.54, 1.807) is 4.68 Å². The molecule has 0 saturated carbocycles. The van der Waals surface area contributed by atoms with Gasteiger partial charge in [0.2, 0.25) is 5.91 Å². The number of hydrogen-bond acceptors (Lipinski definition) is 5. The first-order chi connectivity index (χ1) is 11.8. The second-order valence-electron chi connectivity index (χ2n) is 6.87. The molecule has 1 aliphatic rings. The molecule has 7 heteroatoms. The SMILES string of the molecule is Cc1cc(C)nc(-n2nc(C)c(CC(=O)N3CCN(C)CC3)c2C)n1. The van der Waals surface area contributed by atoms with Crippen molar-refractivity contribution in [2.45, 2.75) is 34.1 Å². The molecule has 0 aromatic carbocycles. The highest BCUT2D eigenvalue weighted by atomic mass is 16.2. The van der Waals surface area contributed by atoms with Gasteiger partial charge in [0.15, 0.2) is 0 Å². The highest BCUT2D eigenvalue weighted by Crippen LogP contribution is 2.18. The van der Waals surface area contributed by atoms with Crippen molar-refractivity contribution in [3.63, 3.8) is 0 Å². The Balaban J connectivity index is 1.83. The average Bonchev–Trinajstić information content (AvgIpc) is 2.82. The van der Waals surface area contributed by atoms with Gasteiger partial charge < -0.3 is 9.80 Å². The molecule has 2 aromatic rings. The number of rotatable bonds is 3. The number of carbonyl (C=O) groups is 1. The van der Waals surface area contributed by atoms with Crippen molar-refractivity contribution in [3.05, 3.63) is 34.4 Å². The Morgan fingerprint density at radius 1 is 1.04 bits per heavy atom. The van der Waals surface area contributed by atoms with Crippen molar-refractivity contribution in [3.8, 4) is 5.95 Å². The van der Waals surface area contributed by atoms with Gasteiger partial charge in [-0.25, -0.2) is 14.6 Å². The number of nitrogens with zero attached hydrogens (tertiary/aromatic N) is 6. The number of aromatic nitrogens is 4. The van der Waals surface area contributed by atoms with Crippen LogP contribution in [-0.2, 0) is 11.2 Å². The van der Waals surface area contributed by atoms with E-state index in [1.165, 1.54) is 0 Å². The fraction of sp³-hybridized carbons (Fsp3) is 0.556. The van der Waals surface area contributed by atoms with Crippen LogP contribution in [0, 0.1) is 27.7 Å². The Bertz CT molecular complexity index is 769. The Morgan fingerprint density at radius 3 is 2.24 bits per heavy atom. The van der Waals surface area contributed by atoms with Crippen LogP contribution in [0.1, 0.15) is 28.3 Å². The molecular formula is C18H26N6O. The summed E-state index contributed by atoms with van der Waals surface area (Å²) >= 11 is 0. The molecule has 1 fully saturated rings. The number of carbonyl (C=O) groups excluding carboxylic acids is 1. The van der Waals surface area contributed by atoms with E-state index in [0.29, 0.717) is 12.4 Å². The number of hydrogen-bond donors (Lipinski definition) is 0. The summed E-state index contributed by atoms with van der Waals surface area (Å²) in [5.41, 5.74) is 4.59. The number of likely N-dealkylation sites (N-methyl/N-ethyl adjacent to an activating group) is 1. The van der Waals surface area contributed by atoms with Crippen molar-refractivity contribution in [1.29, 1.82) is 0 Å². The summed E-state index contributed by atoms with van der Waals surface area (Å²) in [5.74, 6) is 0.733. The van der Waals surface area contributed by atoms with Crippen LogP contribution >= 0.6 is 0 Å². The van der Waals surface area contributed by atoms with Gasteiger partial charge in [0, 0.05) is 48.8 Å². The molecule has 3 rings (SSSR count). The molecule has 1 amide bonds. The van der Waals surface area contributed by atoms with Crippen molar-refractivity contribution in [2.75, 3.05) is 33.2 Å². The Kier molecular flexibility index (Phi) is 4.85. The van der Waals surface area contributed by atoms with Crippen LogP contribution in [0.3, 0.4) is 0 Å². The van der Waals surface area contributed by atoms with Crippen LogP contribution in [-0.4, -0.2) is 68.7 Å². The Hall–Kier alpha value is -2.28. The maximum absolute atomic E-state index is 12.7. The first-order valence-corrected chi connectivity index (χ1v) is 8.69. The summed E-state index contributed by atoms with van der Waals surface area (Å²) < 4.78 is 1.75. The van der Waals surface area contributed by atoms with Crippen molar-refractivity contribution >= 4 is 5.91 Å². The lowest BCUT2D eigenvalue weighted by molar-refractivity contribution is -0.132. The van der Waals surface area contributed by atoms with E-state index in [1.807, 2.05) is 38.7 Å². The zero-order valence-corrected chi connectivity index (χ0v) is 15.7. The van der Waals surface area contributed by atoms with Crippen LogP contribution in [0.25, 0.3) is 5.95 Å². The summed E-state index contributed by atoms with van der Waals surface area (Å²) in [7, 11) is 2.09. The lowest BCUT2D eigenvalue weighted by Crippen LogP contribution is -2.47. The molecular weight excluding hydrogens is 316 g/mol. The minimum atomic E-state index is 0.167. The van der Waals surface area contributed by atoms with Crippen LogP contribution in [0.15, 0.2) is 6.07 Å². The summed E-state index contributed by atoms with van der Waals surface area (Å²) in [6.07, 6.45) is 0.381. The Morgan fingerprint density at radius 2 is 1.64 bits per heavy atom. The first kappa shape index (κ1) is 17.5. The average molecular weight is 342 g/mol. The number of aryl methyl sites for hydroxylation is 3. The van der Waals surface area contributed by atoms with Crippen molar-refractivity contribution in [1.82, 2.24) is 29.5 Å². The van der Waals surface area contributed by atoms with E-state index in [-0.39, 0.29) is 5.91 Å². The molecule has 0 unspecified atom stereocenters. The Labute approximate surface area is 148 Å². The zero-order chi connectivity index (χ0) is 18.1. The molecule has 1 saturated heterocycles. The third-order valence-electron chi connectivity index (χ3n) is 4.79. The molecule has 1 aliphatic heterocycles. The number of amides is 1. The van der Waals surface area contributed by atoms with E-state index in [0.717, 1.165) is 54.5 Å². The summed E-state index contributed by atoms with van der Waals surface area (Å²) in [4.78, 5) is 25.8. The lowest BCUT2D eigenvalue weighted by atomic mass is 10.1. The topological polar surface area (TPSA) is 67.2 Å². The van der Waals surface area contributed by atoms with Gasteiger partial charge >= 0.3 is 0 Å². The van der Waals surface area contributed by atoms with E-state index in [2.05, 4.69) is 27.0 Å². The minimum absolute atomic E-state index is 0.167. The standard InChI is InChI=1S/C18H26N6O/c1-12-10-13(2)20-18(19-12)24-15(4)16(14(3)21-24)11-17(25)23-8-6-22(5)7-9-23/h10H,6-9,11H2,1-5H3. The van der Waals surface area contributed by atoms with Crippen LogP contribution in [0.4, 0.5) is 0 Å². The summed E-state index contributed by atoms with van der Waals surface area (Å²) in [6.45, 7) is 11.3. The van der Waals surface area contributed by atoms with Gasteiger partial charge in [-0.2, -0.15) is 5.10 Å². The highest BCUT2D eigenvalue weighted by Gasteiger charge is 2.23. The van der Waals surface area contributed by atoms with E-state index < -0.39 is 0 Å². The monoisotopic (exact) mass is 342 g/mol. The smallest absolute Gasteiger partial charge is 0.251 e. The maximum Gasteiger partial charge on any atom is 0.251 e. The number of piperazine rings is 1. The van der Waals surface area contributed by atoms with Crippen molar-refractivity contribution < 1.29 is 4.79 Å². The molecule has 0 bridgehead atoms. The molecule has 134 valence electrons.